The third kappa shape index (κ3) is 4.82. The molecule has 0 radical (unpaired) electrons. The molecule has 1 aliphatic heterocycles. The highest BCUT2D eigenvalue weighted by atomic mass is 79.9. The van der Waals surface area contributed by atoms with Crippen molar-refractivity contribution in [2.75, 3.05) is 38.2 Å². The zero-order valence-corrected chi connectivity index (χ0v) is 14.0. The highest BCUT2D eigenvalue weighted by Crippen LogP contribution is 2.33. The Morgan fingerprint density at radius 2 is 1.78 bits per heavy atom. The normalized spacial score (nSPS) is 19.7. The van der Waals surface area contributed by atoms with Crippen LogP contribution >= 0.6 is 15.9 Å². The summed E-state index contributed by atoms with van der Waals surface area (Å²) in [5, 5.41) is 1.11. The Bertz CT molecular complexity index is 213. The summed E-state index contributed by atoms with van der Waals surface area (Å²) in [6.45, 7) is 12.5. The molecule has 0 spiro atoms. The fourth-order valence-electron chi connectivity index (χ4n) is 2.83. The molecular formula is C15H30BrNO. The van der Waals surface area contributed by atoms with Crippen LogP contribution in [0.2, 0.25) is 0 Å². The Kier molecular flexibility index (Phi) is 7.81. The maximum Gasteiger partial charge on any atom is 0.0472 e. The summed E-state index contributed by atoms with van der Waals surface area (Å²) >= 11 is 3.74. The number of hydrogen-bond acceptors (Lipinski definition) is 2. The molecule has 18 heavy (non-hydrogen) atoms. The van der Waals surface area contributed by atoms with E-state index in [1.165, 1.54) is 45.3 Å². The first-order valence-electron chi connectivity index (χ1n) is 7.55. The number of alkyl halides is 1. The van der Waals surface area contributed by atoms with Crippen LogP contribution in [-0.2, 0) is 4.74 Å². The fraction of sp³-hybridized carbons (Fsp3) is 1.00. The molecule has 0 aromatic rings. The molecule has 0 aromatic carbocycles. The number of nitrogens with zero attached hydrogens (tertiary/aromatic N) is 1. The minimum Gasteiger partial charge on any atom is -0.381 e. The van der Waals surface area contributed by atoms with Gasteiger partial charge in [0, 0.05) is 31.6 Å². The van der Waals surface area contributed by atoms with Gasteiger partial charge >= 0.3 is 0 Å². The van der Waals surface area contributed by atoms with E-state index >= 15 is 0 Å². The summed E-state index contributed by atoms with van der Waals surface area (Å²) < 4.78 is 5.53. The highest BCUT2D eigenvalue weighted by molar-refractivity contribution is 9.09. The van der Waals surface area contributed by atoms with Crippen LogP contribution in [0.3, 0.4) is 0 Å². The molecule has 0 atom stereocenters. The lowest BCUT2D eigenvalue weighted by Gasteiger charge is -2.40. The average Bonchev–Trinajstić information content (AvgIpc) is 2.44. The van der Waals surface area contributed by atoms with Gasteiger partial charge in [0.05, 0.1) is 0 Å². The van der Waals surface area contributed by atoms with Crippen molar-refractivity contribution in [2.24, 2.45) is 11.3 Å². The molecule has 0 aromatic heterocycles. The third-order valence-electron chi connectivity index (χ3n) is 4.51. The lowest BCUT2D eigenvalue weighted by atomic mass is 9.81. The summed E-state index contributed by atoms with van der Waals surface area (Å²) in [7, 11) is 0. The molecule has 2 nitrogen and oxygen atoms in total. The van der Waals surface area contributed by atoms with Gasteiger partial charge in [-0.05, 0) is 30.7 Å². The molecule has 0 unspecified atom stereocenters. The van der Waals surface area contributed by atoms with E-state index in [-0.39, 0.29) is 0 Å². The Hall–Kier alpha value is 0.400. The Morgan fingerprint density at radius 1 is 1.17 bits per heavy atom. The predicted octanol–water partition coefficient (Wildman–Crippen LogP) is 3.94. The number of rotatable bonds is 8. The van der Waals surface area contributed by atoms with Crippen molar-refractivity contribution in [3.8, 4) is 0 Å². The molecule has 1 heterocycles. The van der Waals surface area contributed by atoms with Crippen LogP contribution < -0.4 is 0 Å². The van der Waals surface area contributed by atoms with Crippen molar-refractivity contribution in [1.82, 2.24) is 4.90 Å². The van der Waals surface area contributed by atoms with Crippen LogP contribution in [0.15, 0.2) is 0 Å². The number of hydrogen-bond donors (Lipinski definition) is 0. The molecule has 0 aliphatic carbocycles. The number of halogens is 1. The van der Waals surface area contributed by atoms with Gasteiger partial charge < -0.3 is 9.64 Å². The second kappa shape index (κ2) is 8.55. The largest absolute Gasteiger partial charge is 0.381 e. The minimum absolute atomic E-state index is 0.445. The summed E-state index contributed by atoms with van der Waals surface area (Å²) in [4.78, 5) is 2.66. The van der Waals surface area contributed by atoms with Gasteiger partial charge in [-0.2, -0.15) is 0 Å². The minimum atomic E-state index is 0.445. The first-order valence-corrected chi connectivity index (χ1v) is 8.68. The van der Waals surface area contributed by atoms with E-state index in [4.69, 9.17) is 4.74 Å². The summed E-state index contributed by atoms with van der Waals surface area (Å²) in [6, 6.07) is 0. The van der Waals surface area contributed by atoms with Crippen molar-refractivity contribution in [3.63, 3.8) is 0 Å². The van der Waals surface area contributed by atoms with E-state index in [9.17, 15) is 0 Å². The molecule has 1 fully saturated rings. The second-order valence-corrected chi connectivity index (χ2v) is 6.32. The molecule has 1 saturated heterocycles. The maximum atomic E-state index is 5.53. The van der Waals surface area contributed by atoms with Crippen LogP contribution in [0.5, 0.6) is 0 Å². The molecule has 1 aliphatic rings. The van der Waals surface area contributed by atoms with E-state index in [0.29, 0.717) is 5.41 Å². The molecule has 0 saturated carbocycles. The monoisotopic (exact) mass is 319 g/mol. The molecule has 0 bridgehead atoms. The Labute approximate surface area is 122 Å². The maximum absolute atomic E-state index is 5.53. The SMILES string of the molecule is CCC(CC)CN(CC)CC1(CBr)CCOCC1. The van der Waals surface area contributed by atoms with Gasteiger partial charge in [-0.25, -0.2) is 0 Å². The van der Waals surface area contributed by atoms with Crippen LogP contribution in [0.1, 0.15) is 46.5 Å². The first kappa shape index (κ1) is 16.5. The van der Waals surface area contributed by atoms with Gasteiger partial charge in [0.15, 0.2) is 0 Å². The van der Waals surface area contributed by atoms with E-state index in [0.717, 1.165) is 24.5 Å². The molecule has 3 heteroatoms. The molecular weight excluding hydrogens is 290 g/mol. The molecule has 0 N–H and O–H groups in total. The highest BCUT2D eigenvalue weighted by Gasteiger charge is 2.33. The molecule has 1 rings (SSSR count). The standard InChI is InChI=1S/C15H30BrNO/c1-4-14(5-2)11-17(6-3)13-15(12-16)7-9-18-10-8-15/h14H,4-13H2,1-3H3. The lowest BCUT2D eigenvalue weighted by Crippen LogP contribution is -2.44. The summed E-state index contributed by atoms with van der Waals surface area (Å²) in [5.41, 5.74) is 0.445. The quantitative estimate of drug-likeness (QED) is 0.628. The van der Waals surface area contributed by atoms with Gasteiger partial charge in [-0.15, -0.1) is 0 Å². The zero-order chi connectivity index (χ0) is 13.4. The molecule has 0 amide bonds. The van der Waals surface area contributed by atoms with Crippen LogP contribution in [0.25, 0.3) is 0 Å². The summed E-state index contributed by atoms with van der Waals surface area (Å²) in [6.07, 6.45) is 5.02. The van der Waals surface area contributed by atoms with Gasteiger partial charge in [0.25, 0.3) is 0 Å². The fourth-order valence-corrected chi connectivity index (χ4v) is 3.57. The Morgan fingerprint density at radius 3 is 2.22 bits per heavy atom. The molecule has 108 valence electrons. The van der Waals surface area contributed by atoms with E-state index in [1.54, 1.807) is 0 Å². The zero-order valence-electron chi connectivity index (χ0n) is 12.4. The number of ether oxygens (including phenoxy) is 1. The van der Waals surface area contributed by atoms with Crippen molar-refractivity contribution in [2.45, 2.75) is 46.5 Å². The average molecular weight is 320 g/mol. The summed E-state index contributed by atoms with van der Waals surface area (Å²) in [5.74, 6) is 0.858. The van der Waals surface area contributed by atoms with Crippen LogP contribution in [-0.4, -0.2) is 43.1 Å². The second-order valence-electron chi connectivity index (χ2n) is 5.76. The van der Waals surface area contributed by atoms with E-state index < -0.39 is 0 Å². The van der Waals surface area contributed by atoms with Gasteiger partial charge in [0.2, 0.25) is 0 Å². The van der Waals surface area contributed by atoms with Crippen molar-refractivity contribution in [1.29, 1.82) is 0 Å². The Balaban J connectivity index is 2.53. The van der Waals surface area contributed by atoms with Gasteiger partial charge in [-0.3, -0.25) is 0 Å². The predicted molar refractivity (Wildman–Crippen MR) is 82.5 cm³/mol. The topological polar surface area (TPSA) is 12.5 Å². The van der Waals surface area contributed by atoms with Crippen molar-refractivity contribution in [3.05, 3.63) is 0 Å². The van der Waals surface area contributed by atoms with Crippen LogP contribution in [0, 0.1) is 11.3 Å². The van der Waals surface area contributed by atoms with E-state index in [2.05, 4.69) is 41.6 Å². The van der Waals surface area contributed by atoms with Gasteiger partial charge in [-0.1, -0.05) is 49.5 Å². The first-order chi connectivity index (χ1) is 8.69. The van der Waals surface area contributed by atoms with Crippen LogP contribution in [0.4, 0.5) is 0 Å². The third-order valence-corrected chi connectivity index (χ3v) is 5.70. The van der Waals surface area contributed by atoms with Crippen molar-refractivity contribution < 1.29 is 4.74 Å². The smallest absolute Gasteiger partial charge is 0.0472 e. The van der Waals surface area contributed by atoms with Gasteiger partial charge in [0.1, 0.15) is 0 Å². The van der Waals surface area contributed by atoms with E-state index in [1.807, 2.05) is 0 Å². The van der Waals surface area contributed by atoms with Crippen molar-refractivity contribution >= 4 is 15.9 Å². The lowest BCUT2D eigenvalue weighted by molar-refractivity contribution is 0.00644.